The largest absolute Gasteiger partial charge is 0.508 e. The first-order valence-electron chi connectivity index (χ1n) is 10.7. The molecule has 0 radical (unpaired) electrons. The molecule has 150 valence electrons. The molecule has 0 saturated heterocycles. The van der Waals surface area contributed by atoms with Crippen LogP contribution in [0.1, 0.15) is 51.0 Å². The number of allylic oxidation sites excluding steroid dienone is 4. The zero-order chi connectivity index (χ0) is 20.4. The molecule has 4 rings (SSSR count). The van der Waals surface area contributed by atoms with Gasteiger partial charge in [-0.1, -0.05) is 49.4 Å². The summed E-state index contributed by atoms with van der Waals surface area (Å²) in [5.41, 5.74) is 6.37. The molecular formula is C27H31NO. The lowest BCUT2D eigenvalue weighted by molar-refractivity contribution is 0.304. The van der Waals surface area contributed by atoms with Crippen molar-refractivity contribution in [2.45, 2.75) is 50.9 Å². The topological polar surface area (TPSA) is 23.5 Å². The van der Waals surface area contributed by atoms with E-state index in [-0.39, 0.29) is 11.2 Å². The molecule has 2 heteroatoms. The molecule has 2 bridgehead atoms. The molecule has 1 saturated carbocycles. The second kappa shape index (κ2) is 7.94. The van der Waals surface area contributed by atoms with Crippen molar-refractivity contribution in [2.24, 2.45) is 5.92 Å². The van der Waals surface area contributed by atoms with Gasteiger partial charge in [-0.3, -0.25) is 0 Å². The smallest absolute Gasteiger partial charge is 0.117 e. The van der Waals surface area contributed by atoms with Crippen molar-refractivity contribution in [1.29, 1.82) is 0 Å². The molecule has 0 aromatic heterocycles. The summed E-state index contributed by atoms with van der Waals surface area (Å²) in [6.07, 6.45) is 11.0. The average molecular weight is 386 g/mol. The molecule has 0 spiro atoms. The summed E-state index contributed by atoms with van der Waals surface area (Å²) in [5, 5.41) is 10.1. The molecule has 0 aliphatic heterocycles. The zero-order valence-electron chi connectivity index (χ0n) is 17.4. The maximum Gasteiger partial charge on any atom is 0.117 e. The van der Waals surface area contributed by atoms with Gasteiger partial charge in [0, 0.05) is 28.6 Å². The summed E-state index contributed by atoms with van der Waals surface area (Å²) in [4.78, 5) is 2.18. The molecule has 2 aromatic carbocycles. The van der Waals surface area contributed by atoms with Gasteiger partial charge in [-0.2, -0.15) is 0 Å². The Balaban J connectivity index is 1.73. The lowest BCUT2D eigenvalue weighted by Gasteiger charge is -2.38. The summed E-state index contributed by atoms with van der Waals surface area (Å²) in [6, 6.07) is 16.4. The van der Waals surface area contributed by atoms with Crippen molar-refractivity contribution >= 4 is 11.4 Å². The number of hydrogen-bond donors (Lipinski definition) is 1. The van der Waals surface area contributed by atoms with Gasteiger partial charge < -0.3 is 10.0 Å². The third-order valence-electron chi connectivity index (χ3n) is 6.45. The van der Waals surface area contributed by atoms with Gasteiger partial charge in [-0.05, 0) is 74.3 Å². The molecule has 1 N–H and O–H groups in total. The summed E-state index contributed by atoms with van der Waals surface area (Å²) < 4.78 is 0. The maximum absolute atomic E-state index is 10.1. The predicted octanol–water partition coefficient (Wildman–Crippen LogP) is 7.40. The number of fused-ring (bicyclic) bond motifs is 2. The van der Waals surface area contributed by atoms with Crippen molar-refractivity contribution in [2.75, 3.05) is 4.90 Å². The summed E-state index contributed by atoms with van der Waals surface area (Å²) in [5.74, 6) is 1.01. The van der Waals surface area contributed by atoms with E-state index in [0.717, 1.165) is 42.3 Å². The van der Waals surface area contributed by atoms with Crippen LogP contribution in [0.25, 0.3) is 0 Å². The van der Waals surface area contributed by atoms with E-state index >= 15 is 0 Å². The number of phenolic OH excluding ortho intramolecular Hbond substituents is 1. The van der Waals surface area contributed by atoms with Crippen LogP contribution in [0.5, 0.6) is 5.75 Å². The Labute approximate surface area is 174 Å². The van der Waals surface area contributed by atoms with E-state index in [4.69, 9.17) is 0 Å². The Bertz CT molecular complexity index is 957. The van der Waals surface area contributed by atoms with E-state index < -0.39 is 0 Å². The predicted molar refractivity (Wildman–Crippen MR) is 123 cm³/mol. The number of nitrogens with zero attached hydrogens (tertiary/aromatic N) is 1. The van der Waals surface area contributed by atoms with E-state index in [1.54, 1.807) is 11.6 Å². The van der Waals surface area contributed by atoms with Gasteiger partial charge in [-0.25, -0.2) is 0 Å². The van der Waals surface area contributed by atoms with Crippen molar-refractivity contribution in [3.05, 3.63) is 90.7 Å². The lowest BCUT2D eigenvalue weighted by Crippen LogP contribution is -2.29. The molecule has 0 amide bonds. The lowest BCUT2D eigenvalue weighted by atomic mass is 9.67. The van der Waals surface area contributed by atoms with Crippen LogP contribution < -0.4 is 4.90 Å². The molecule has 2 aromatic rings. The second-order valence-corrected chi connectivity index (χ2v) is 8.84. The first-order valence-corrected chi connectivity index (χ1v) is 10.7. The molecule has 29 heavy (non-hydrogen) atoms. The molecule has 2 atom stereocenters. The van der Waals surface area contributed by atoms with Crippen LogP contribution in [0, 0.1) is 5.92 Å². The fourth-order valence-corrected chi connectivity index (χ4v) is 5.26. The molecule has 2 aliphatic carbocycles. The van der Waals surface area contributed by atoms with Crippen LogP contribution in [0.4, 0.5) is 11.4 Å². The molecule has 2 unspecified atom stereocenters. The zero-order valence-corrected chi connectivity index (χ0v) is 17.4. The molecule has 0 heterocycles. The normalized spacial score (nSPS) is 22.8. The Hall–Kier alpha value is -2.74. The highest BCUT2D eigenvalue weighted by Crippen LogP contribution is 2.52. The van der Waals surface area contributed by atoms with Gasteiger partial charge >= 0.3 is 0 Å². The number of aromatic hydroxyl groups is 1. The van der Waals surface area contributed by atoms with Gasteiger partial charge in [0.05, 0.1) is 0 Å². The van der Waals surface area contributed by atoms with Crippen LogP contribution in [-0.4, -0.2) is 5.11 Å². The summed E-state index contributed by atoms with van der Waals surface area (Å²) in [7, 11) is 0. The Morgan fingerprint density at radius 2 is 1.97 bits per heavy atom. The highest BCUT2D eigenvalue weighted by atomic mass is 16.3. The SMILES string of the molecule is C=CCCC(=C)N(c1cccc(O)c1)c1cccc(C23CC=C(CC(C)C2)C3)c1. The number of rotatable bonds is 7. The quantitative estimate of drug-likeness (QED) is 0.502. The summed E-state index contributed by atoms with van der Waals surface area (Å²) in [6.45, 7) is 10.6. The first kappa shape index (κ1) is 19.6. The van der Waals surface area contributed by atoms with Gasteiger partial charge in [0.1, 0.15) is 5.75 Å². The third-order valence-corrected chi connectivity index (χ3v) is 6.45. The molecule has 2 nitrogen and oxygen atoms in total. The van der Waals surface area contributed by atoms with E-state index in [0.29, 0.717) is 0 Å². The van der Waals surface area contributed by atoms with Crippen LogP contribution in [0.3, 0.4) is 0 Å². The minimum atomic E-state index is 0.246. The molecule has 1 fully saturated rings. The van der Waals surface area contributed by atoms with Crippen molar-refractivity contribution in [3.8, 4) is 5.75 Å². The standard InChI is InChI=1S/C27H31NO/c1-4-5-8-21(3)28(25-11-7-12-26(29)17-25)24-10-6-9-23(16-24)27-14-13-22(19-27)15-20(2)18-27/h4,6-7,9-13,16-17,20,29H,1,3,5,8,14-15,18-19H2,2H3. The minimum Gasteiger partial charge on any atom is -0.508 e. The Morgan fingerprint density at radius 3 is 2.72 bits per heavy atom. The molecule has 2 aliphatic rings. The van der Waals surface area contributed by atoms with Crippen LogP contribution in [-0.2, 0) is 5.41 Å². The number of phenols is 1. The highest BCUT2D eigenvalue weighted by Gasteiger charge is 2.41. The second-order valence-electron chi connectivity index (χ2n) is 8.84. The van der Waals surface area contributed by atoms with E-state index in [1.807, 2.05) is 24.3 Å². The van der Waals surface area contributed by atoms with Crippen LogP contribution >= 0.6 is 0 Å². The van der Waals surface area contributed by atoms with Gasteiger partial charge in [0.15, 0.2) is 0 Å². The van der Waals surface area contributed by atoms with Gasteiger partial charge in [-0.15, -0.1) is 6.58 Å². The Kier molecular flexibility index (Phi) is 5.36. The van der Waals surface area contributed by atoms with E-state index in [9.17, 15) is 5.11 Å². The summed E-state index contributed by atoms with van der Waals surface area (Å²) >= 11 is 0. The number of benzene rings is 2. The van der Waals surface area contributed by atoms with E-state index in [2.05, 4.69) is 55.3 Å². The highest BCUT2D eigenvalue weighted by molar-refractivity contribution is 5.70. The first-order chi connectivity index (χ1) is 14.0. The fraction of sp³-hybridized carbons (Fsp3) is 0.333. The van der Waals surface area contributed by atoms with Crippen molar-refractivity contribution in [3.63, 3.8) is 0 Å². The monoisotopic (exact) mass is 385 g/mol. The molecular weight excluding hydrogens is 354 g/mol. The third kappa shape index (κ3) is 3.89. The fourth-order valence-electron chi connectivity index (χ4n) is 5.26. The minimum absolute atomic E-state index is 0.246. The van der Waals surface area contributed by atoms with Gasteiger partial charge in [0.25, 0.3) is 0 Å². The Morgan fingerprint density at radius 1 is 1.21 bits per heavy atom. The van der Waals surface area contributed by atoms with Crippen LogP contribution in [0.2, 0.25) is 0 Å². The number of hydrogen-bond acceptors (Lipinski definition) is 2. The van der Waals surface area contributed by atoms with Crippen molar-refractivity contribution in [1.82, 2.24) is 0 Å². The van der Waals surface area contributed by atoms with E-state index in [1.165, 1.54) is 24.8 Å². The van der Waals surface area contributed by atoms with Crippen LogP contribution in [0.15, 0.2) is 85.1 Å². The van der Waals surface area contributed by atoms with Gasteiger partial charge in [0.2, 0.25) is 0 Å². The average Bonchev–Trinajstić information content (AvgIpc) is 3.02. The van der Waals surface area contributed by atoms with Crippen molar-refractivity contribution < 1.29 is 5.11 Å². The number of anilines is 2. The maximum atomic E-state index is 10.1.